The van der Waals surface area contributed by atoms with Crippen molar-refractivity contribution in [2.45, 2.75) is 20.8 Å². The van der Waals surface area contributed by atoms with E-state index in [1.54, 1.807) is 0 Å². The monoisotopic (exact) mass is 643 g/mol. The molecule has 0 aliphatic rings. The fraction of sp³-hybridized carbons (Fsp3) is 0.179. The van der Waals surface area contributed by atoms with Gasteiger partial charge < -0.3 is 38.5 Å². The maximum absolute atomic E-state index is 5.48. The minimum absolute atomic E-state index is 0.0549. The van der Waals surface area contributed by atoms with Crippen LogP contribution in [-0.4, -0.2) is 38.1 Å². The van der Waals surface area contributed by atoms with Crippen LogP contribution in [0.15, 0.2) is 143 Å². The largest absolute Gasteiger partial charge is 0.383 e. The van der Waals surface area contributed by atoms with Crippen molar-refractivity contribution in [2.75, 3.05) is 47.4 Å². The number of hydrogen-bond donors (Lipinski definition) is 7. The van der Waals surface area contributed by atoms with Crippen molar-refractivity contribution >= 4 is 40.4 Å². The minimum atomic E-state index is -0.0974. The summed E-state index contributed by atoms with van der Waals surface area (Å²) in [5, 5.41) is 13.6. The van der Waals surface area contributed by atoms with Crippen LogP contribution in [0.4, 0.5) is 28.4 Å². The maximum Gasteiger partial charge on any atom is 0.223 e. The number of anilines is 4. The smallest absolute Gasteiger partial charge is 0.223 e. The molecule has 0 heterocycles. The first-order chi connectivity index (χ1) is 23.3. The number of aliphatic imine (C=N–C) groups is 2. The zero-order valence-corrected chi connectivity index (χ0v) is 28.2. The second-order valence-electron chi connectivity index (χ2n) is 10.9. The number of para-hydroxylation sites is 5. The summed E-state index contributed by atoms with van der Waals surface area (Å²) in [5.41, 5.74) is 24.9. The van der Waals surface area contributed by atoms with Gasteiger partial charge >= 0.3 is 0 Å². The second-order valence-corrected chi connectivity index (χ2v) is 10.9. The quantitative estimate of drug-likeness (QED) is 0.0455. The number of rotatable bonds is 11. The SMILES string of the molecule is Cc1ccccc1N=C(N)N=C(N)N.Cc1ccccc1NCCNc1ccccc1C.c1ccc(NCCNc2ccccc2)cc1. The molecule has 9 heteroatoms. The standard InChI is InChI=1S/C16H20N2.C14H16N2.C9H13N5/c1-13-7-3-5-9-15(13)17-11-12-18-16-10-6-4-8-14(16)2;1-3-7-13(8-4-1)15-11-12-16-14-9-5-2-6-10-14;1-6-4-2-3-5-7(6)13-9(12)14-8(10)11/h3-10,17-18H,11-12H2,1-2H3;1-10,15-16H,11-12H2;2-5H,1H3,(H6,10,11,12,13,14). The van der Waals surface area contributed by atoms with E-state index in [1.807, 2.05) is 67.6 Å². The molecule has 0 radical (unpaired) electrons. The molecule has 0 aromatic heterocycles. The number of nitrogens with zero attached hydrogens (tertiary/aromatic N) is 2. The fourth-order valence-corrected chi connectivity index (χ4v) is 4.43. The number of hydrogen-bond acceptors (Lipinski definition) is 5. The molecule has 5 aromatic carbocycles. The Labute approximate surface area is 285 Å². The molecule has 0 saturated heterocycles. The van der Waals surface area contributed by atoms with E-state index in [1.165, 1.54) is 22.5 Å². The molecule has 0 fully saturated rings. The van der Waals surface area contributed by atoms with Crippen molar-refractivity contribution in [3.8, 4) is 0 Å². The number of nitrogens with one attached hydrogen (secondary N) is 4. The van der Waals surface area contributed by atoms with Gasteiger partial charge in [-0.25, -0.2) is 4.99 Å². The van der Waals surface area contributed by atoms with Gasteiger partial charge in [0.05, 0.1) is 5.69 Å². The summed E-state index contributed by atoms with van der Waals surface area (Å²) in [6.07, 6.45) is 0. The summed E-state index contributed by atoms with van der Waals surface area (Å²) in [4.78, 5) is 7.66. The van der Waals surface area contributed by atoms with Gasteiger partial charge in [-0.05, 0) is 79.9 Å². The lowest BCUT2D eigenvalue weighted by Crippen LogP contribution is -2.26. The van der Waals surface area contributed by atoms with Gasteiger partial charge in [0.25, 0.3) is 0 Å². The average Bonchev–Trinajstić information content (AvgIpc) is 3.09. The summed E-state index contributed by atoms with van der Waals surface area (Å²) in [5.74, 6) is -0.0425. The highest BCUT2D eigenvalue weighted by molar-refractivity contribution is 5.93. The Morgan fingerprint density at radius 3 is 1.25 bits per heavy atom. The van der Waals surface area contributed by atoms with Crippen molar-refractivity contribution in [1.82, 2.24) is 0 Å². The van der Waals surface area contributed by atoms with E-state index >= 15 is 0 Å². The summed E-state index contributed by atoms with van der Waals surface area (Å²) in [7, 11) is 0. The third-order valence-corrected chi connectivity index (χ3v) is 6.97. The Balaban J connectivity index is 0.000000197. The lowest BCUT2D eigenvalue weighted by atomic mass is 10.2. The molecule has 0 spiro atoms. The van der Waals surface area contributed by atoms with Gasteiger partial charge in [-0.15, -0.1) is 0 Å². The molecule has 0 amide bonds. The van der Waals surface area contributed by atoms with Crippen LogP contribution in [0, 0.1) is 20.8 Å². The van der Waals surface area contributed by atoms with Crippen molar-refractivity contribution < 1.29 is 0 Å². The van der Waals surface area contributed by atoms with E-state index in [2.05, 4.69) is 118 Å². The first-order valence-electron chi connectivity index (χ1n) is 16.0. The highest BCUT2D eigenvalue weighted by atomic mass is 15.1. The van der Waals surface area contributed by atoms with E-state index in [0.29, 0.717) is 0 Å². The van der Waals surface area contributed by atoms with Gasteiger partial charge in [-0.1, -0.05) is 91.0 Å². The predicted octanol–water partition coefficient (Wildman–Crippen LogP) is 7.25. The minimum Gasteiger partial charge on any atom is -0.383 e. The van der Waals surface area contributed by atoms with Crippen LogP contribution in [0.2, 0.25) is 0 Å². The molecule has 10 N–H and O–H groups in total. The molecule has 250 valence electrons. The topological polar surface area (TPSA) is 151 Å². The van der Waals surface area contributed by atoms with Crippen LogP contribution in [-0.2, 0) is 0 Å². The normalized spacial score (nSPS) is 10.3. The Bertz CT molecular complexity index is 1590. The predicted molar refractivity (Wildman–Crippen MR) is 207 cm³/mol. The highest BCUT2D eigenvalue weighted by Crippen LogP contribution is 2.17. The lowest BCUT2D eigenvalue weighted by Gasteiger charge is -2.12. The zero-order chi connectivity index (χ0) is 34.4. The molecular weight excluding hydrogens is 594 g/mol. The number of guanidine groups is 2. The van der Waals surface area contributed by atoms with Crippen molar-refractivity contribution in [3.63, 3.8) is 0 Å². The molecule has 9 nitrogen and oxygen atoms in total. The molecule has 0 aliphatic heterocycles. The summed E-state index contributed by atoms with van der Waals surface area (Å²) in [6, 6.07) is 44.7. The summed E-state index contributed by atoms with van der Waals surface area (Å²) < 4.78 is 0. The zero-order valence-electron chi connectivity index (χ0n) is 28.2. The Morgan fingerprint density at radius 2 is 0.833 bits per heavy atom. The second kappa shape index (κ2) is 21.0. The highest BCUT2D eigenvalue weighted by Gasteiger charge is 1.98. The van der Waals surface area contributed by atoms with Crippen LogP contribution in [0.3, 0.4) is 0 Å². The van der Waals surface area contributed by atoms with E-state index in [4.69, 9.17) is 17.2 Å². The van der Waals surface area contributed by atoms with E-state index < -0.39 is 0 Å². The van der Waals surface area contributed by atoms with Gasteiger partial charge in [0.1, 0.15) is 0 Å². The van der Waals surface area contributed by atoms with Gasteiger partial charge in [0.2, 0.25) is 5.96 Å². The van der Waals surface area contributed by atoms with Gasteiger partial charge in [0.15, 0.2) is 5.96 Å². The van der Waals surface area contributed by atoms with Gasteiger partial charge in [-0.3, -0.25) is 0 Å². The van der Waals surface area contributed by atoms with Crippen LogP contribution in [0.25, 0.3) is 0 Å². The Hall–Kier alpha value is -5.96. The molecule has 0 aliphatic carbocycles. The molecule has 5 aromatic rings. The third kappa shape index (κ3) is 14.4. The lowest BCUT2D eigenvalue weighted by molar-refractivity contribution is 1.07. The van der Waals surface area contributed by atoms with Crippen LogP contribution < -0.4 is 38.5 Å². The van der Waals surface area contributed by atoms with Crippen LogP contribution >= 0.6 is 0 Å². The molecule has 0 unspecified atom stereocenters. The molecular formula is C39H49N9. The van der Waals surface area contributed by atoms with Crippen LogP contribution in [0.1, 0.15) is 16.7 Å². The third-order valence-electron chi connectivity index (χ3n) is 6.97. The molecule has 0 atom stereocenters. The fourth-order valence-electron chi connectivity index (χ4n) is 4.43. The van der Waals surface area contributed by atoms with E-state index in [0.717, 1.165) is 48.8 Å². The first-order valence-corrected chi connectivity index (χ1v) is 16.0. The van der Waals surface area contributed by atoms with E-state index in [-0.39, 0.29) is 11.9 Å². The van der Waals surface area contributed by atoms with Crippen molar-refractivity contribution in [1.29, 1.82) is 0 Å². The molecule has 0 bridgehead atoms. The molecule has 0 saturated carbocycles. The Morgan fingerprint density at radius 1 is 0.458 bits per heavy atom. The van der Waals surface area contributed by atoms with Gasteiger partial charge in [0, 0.05) is 48.9 Å². The number of nitrogens with two attached hydrogens (primary N) is 3. The number of aryl methyl sites for hydroxylation is 3. The molecule has 5 rings (SSSR count). The molecule has 48 heavy (non-hydrogen) atoms. The van der Waals surface area contributed by atoms with Crippen molar-refractivity contribution in [3.05, 3.63) is 150 Å². The number of benzene rings is 5. The summed E-state index contributed by atoms with van der Waals surface area (Å²) >= 11 is 0. The van der Waals surface area contributed by atoms with Gasteiger partial charge in [-0.2, -0.15) is 4.99 Å². The van der Waals surface area contributed by atoms with Crippen LogP contribution in [0.5, 0.6) is 0 Å². The first kappa shape index (κ1) is 36.5. The van der Waals surface area contributed by atoms with E-state index in [9.17, 15) is 0 Å². The van der Waals surface area contributed by atoms with Crippen molar-refractivity contribution in [2.24, 2.45) is 27.2 Å². The summed E-state index contributed by atoms with van der Waals surface area (Å²) in [6.45, 7) is 9.84. The average molecular weight is 644 g/mol. The maximum atomic E-state index is 5.48. The Kier molecular flexibility index (Phi) is 15.9.